The molecule has 0 spiro atoms. The van der Waals surface area contributed by atoms with Crippen molar-refractivity contribution in [1.29, 1.82) is 0 Å². The van der Waals surface area contributed by atoms with Crippen LogP contribution in [0.2, 0.25) is 10.0 Å². The summed E-state index contributed by atoms with van der Waals surface area (Å²) < 4.78 is 5.97. The van der Waals surface area contributed by atoms with E-state index in [1.54, 1.807) is 36.4 Å². The van der Waals surface area contributed by atoms with Gasteiger partial charge in [0.1, 0.15) is 6.61 Å². The summed E-state index contributed by atoms with van der Waals surface area (Å²) in [4.78, 5) is 23.5. The number of benzene rings is 2. The van der Waals surface area contributed by atoms with Gasteiger partial charge in [-0.2, -0.15) is 0 Å². The van der Waals surface area contributed by atoms with Crippen molar-refractivity contribution in [3.63, 3.8) is 0 Å². The lowest BCUT2D eigenvalue weighted by molar-refractivity contribution is -0.114. The van der Waals surface area contributed by atoms with Crippen molar-refractivity contribution >= 4 is 56.7 Å². The summed E-state index contributed by atoms with van der Waals surface area (Å²) in [6.45, 7) is 1.37. The number of nitrogens with one attached hydrogen (secondary N) is 1. The van der Waals surface area contributed by atoms with Crippen LogP contribution in [0.1, 0.15) is 22.8 Å². The van der Waals surface area contributed by atoms with E-state index in [1.807, 2.05) is 0 Å². The number of carbonyl (C=O) groups excluding carboxylic acids is 2. The van der Waals surface area contributed by atoms with Crippen LogP contribution in [0.15, 0.2) is 40.9 Å². The first-order valence-electron chi connectivity index (χ1n) is 6.55. The molecule has 1 amide bonds. The molecule has 0 aromatic heterocycles. The minimum absolute atomic E-state index is 0.000853. The van der Waals surface area contributed by atoms with Gasteiger partial charge in [0.15, 0.2) is 0 Å². The molecule has 0 fully saturated rings. The van der Waals surface area contributed by atoms with Crippen LogP contribution in [0.4, 0.5) is 5.69 Å². The van der Waals surface area contributed by atoms with E-state index in [0.29, 0.717) is 25.8 Å². The Kier molecular flexibility index (Phi) is 6.04. The van der Waals surface area contributed by atoms with Crippen LogP contribution < -0.4 is 5.32 Å². The molecule has 0 aliphatic carbocycles. The first-order chi connectivity index (χ1) is 10.9. The molecule has 2 rings (SSSR count). The lowest BCUT2D eigenvalue weighted by Gasteiger charge is -2.11. The molecular formula is C16H12BrCl2NO3. The lowest BCUT2D eigenvalue weighted by atomic mass is 10.1. The van der Waals surface area contributed by atoms with Crippen LogP contribution in [0.3, 0.4) is 0 Å². The molecular weight excluding hydrogens is 405 g/mol. The Morgan fingerprint density at radius 3 is 2.57 bits per heavy atom. The van der Waals surface area contributed by atoms with Crippen LogP contribution in [0, 0.1) is 0 Å². The third kappa shape index (κ3) is 4.96. The van der Waals surface area contributed by atoms with Gasteiger partial charge in [-0.3, -0.25) is 4.79 Å². The van der Waals surface area contributed by atoms with Crippen LogP contribution in [-0.2, 0) is 16.1 Å². The van der Waals surface area contributed by atoms with E-state index in [9.17, 15) is 9.59 Å². The van der Waals surface area contributed by atoms with Crippen molar-refractivity contribution in [3.05, 3.63) is 62.0 Å². The molecule has 0 aliphatic heterocycles. The highest BCUT2D eigenvalue weighted by atomic mass is 79.9. The highest BCUT2D eigenvalue weighted by Crippen LogP contribution is 2.24. The summed E-state index contributed by atoms with van der Waals surface area (Å²) >= 11 is 15.2. The summed E-state index contributed by atoms with van der Waals surface area (Å²) in [5.74, 6) is -0.844. The first kappa shape index (κ1) is 17.8. The van der Waals surface area contributed by atoms with E-state index in [-0.39, 0.29) is 18.1 Å². The van der Waals surface area contributed by atoms with Gasteiger partial charge in [0.25, 0.3) is 0 Å². The maximum Gasteiger partial charge on any atom is 0.340 e. The topological polar surface area (TPSA) is 55.4 Å². The maximum atomic E-state index is 12.3. The fourth-order valence-electron chi connectivity index (χ4n) is 1.84. The number of rotatable bonds is 4. The zero-order valence-corrected chi connectivity index (χ0v) is 15.1. The van der Waals surface area contributed by atoms with Crippen LogP contribution in [-0.4, -0.2) is 11.9 Å². The Morgan fingerprint density at radius 2 is 1.91 bits per heavy atom. The van der Waals surface area contributed by atoms with Gasteiger partial charge < -0.3 is 10.1 Å². The molecule has 0 saturated carbocycles. The van der Waals surface area contributed by atoms with Crippen LogP contribution in [0.25, 0.3) is 0 Å². The fourth-order valence-corrected chi connectivity index (χ4v) is 2.67. The van der Waals surface area contributed by atoms with Gasteiger partial charge in [-0.15, -0.1) is 0 Å². The van der Waals surface area contributed by atoms with E-state index < -0.39 is 5.97 Å². The highest BCUT2D eigenvalue weighted by molar-refractivity contribution is 9.10. The highest BCUT2D eigenvalue weighted by Gasteiger charge is 2.15. The minimum Gasteiger partial charge on any atom is -0.457 e. The normalized spacial score (nSPS) is 10.3. The molecule has 120 valence electrons. The molecule has 0 unspecified atom stereocenters. The number of ether oxygens (including phenoxy) is 1. The van der Waals surface area contributed by atoms with Crippen LogP contribution in [0.5, 0.6) is 0 Å². The standard InChI is InChI=1S/C16H12BrCl2NO3/c1-9(21)20-15-5-3-11(17)6-13(15)16(22)23-8-10-2-4-12(18)7-14(10)19/h2-7H,8H2,1H3,(H,20,21). The average molecular weight is 417 g/mol. The largest absolute Gasteiger partial charge is 0.457 e. The zero-order valence-electron chi connectivity index (χ0n) is 12.0. The van der Waals surface area contributed by atoms with Crippen molar-refractivity contribution in [3.8, 4) is 0 Å². The van der Waals surface area contributed by atoms with Gasteiger partial charge in [0.2, 0.25) is 5.91 Å². The minimum atomic E-state index is -0.568. The Morgan fingerprint density at radius 1 is 1.17 bits per heavy atom. The number of anilines is 1. The Hall–Kier alpha value is -1.56. The predicted octanol–water partition coefficient (Wildman–Crippen LogP) is 5.07. The van der Waals surface area contributed by atoms with E-state index in [1.165, 1.54) is 6.92 Å². The smallest absolute Gasteiger partial charge is 0.340 e. The molecule has 2 aromatic rings. The lowest BCUT2D eigenvalue weighted by Crippen LogP contribution is -2.13. The van der Waals surface area contributed by atoms with Gasteiger partial charge in [-0.25, -0.2) is 4.79 Å². The second-order valence-electron chi connectivity index (χ2n) is 4.68. The molecule has 0 radical (unpaired) electrons. The van der Waals surface area contributed by atoms with Gasteiger partial charge in [0.05, 0.1) is 11.3 Å². The third-order valence-electron chi connectivity index (χ3n) is 2.89. The molecule has 0 saturated heterocycles. The molecule has 0 atom stereocenters. The summed E-state index contributed by atoms with van der Waals surface area (Å²) in [6.07, 6.45) is 0. The number of hydrogen-bond acceptors (Lipinski definition) is 3. The molecule has 7 heteroatoms. The third-order valence-corrected chi connectivity index (χ3v) is 3.97. The summed E-state index contributed by atoms with van der Waals surface area (Å²) in [5.41, 5.74) is 1.27. The fraction of sp³-hybridized carbons (Fsp3) is 0.125. The van der Waals surface area contributed by atoms with Crippen LogP contribution >= 0.6 is 39.1 Å². The van der Waals surface area contributed by atoms with Gasteiger partial charge >= 0.3 is 5.97 Å². The number of hydrogen-bond donors (Lipinski definition) is 1. The molecule has 2 aromatic carbocycles. The predicted molar refractivity (Wildman–Crippen MR) is 94.0 cm³/mol. The maximum absolute atomic E-state index is 12.3. The van der Waals surface area contributed by atoms with Crippen molar-refractivity contribution in [1.82, 2.24) is 0 Å². The monoisotopic (exact) mass is 415 g/mol. The first-order valence-corrected chi connectivity index (χ1v) is 8.10. The number of carbonyl (C=O) groups is 2. The van der Waals surface area contributed by atoms with E-state index in [2.05, 4.69) is 21.2 Å². The molecule has 1 N–H and O–H groups in total. The van der Waals surface area contributed by atoms with Crippen molar-refractivity contribution < 1.29 is 14.3 Å². The number of esters is 1. The van der Waals surface area contributed by atoms with E-state index >= 15 is 0 Å². The second-order valence-corrected chi connectivity index (χ2v) is 6.44. The molecule has 4 nitrogen and oxygen atoms in total. The number of halogens is 3. The summed E-state index contributed by atoms with van der Waals surface area (Å²) in [5, 5.41) is 3.52. The number of amides is 1. The second kappa shape index (κ2) is 7.81. The Labute approximate surface area is 151 Å². The van der Waals surface area contributed by atoms with Gasteiger partial charge in [-0.1, -0.05) is 45.2 Å². The quantitative estimate of drug-likeness (QED) is 0.707. The summed E-state index contributed by atoms with van der Waals surface area (Å²) in [7, 11) is 0. The van der Waals surface area contributed by atoms with Crippen molar-refractivity contribution in [2.45, 2.75) is 13.5 Å². The summed E-state index contributed by atoms with van der Waals surface area (Å²) in [6, 6.07) is 9.85. The molecule has 0 aliphatic rings. The van der Waals surface area contributed by atoms with Crippen molar-refractivity contribution in [2.75, 3.05) is 5.32 Å². The van der Waals surface area contributed by atoms with E-state index in [0.717, 1.165) is 0 Å². The SMILES string of the molecule is CC(=O)Nc1ccc(Br)cc1C(=O)OCc1ccc(Cl)cc1Cl. The van der Waals surface area contributed by atoms with Gasteiger partial charge in [-0.05, 0) is 30.3 Å². The Bertz CT molecular complexity index is 765. The molecule has 0 heterocycles. The Balaban J connectivity index is 2.17. The average Bonchev–Trinajstić information content (AvgIpc) is 2.47. The zero-order chi connectivity index (χ0) is 17.0. The van der Waals surface area contributed by atoms with Gasteiger partial charge in [0, 0.05) is 27.0 Å². The van der Waals surface area contributed by atoms with Crippen molar-refractivity contribution in [2.24, 2.45) is 0 Å². The molecule has 23 heavy (non-hydrogen) atoms. The van der Waals surface area contributed by atoms with E-state index in [4.69, 9.17) is 27.9 Å². The molecule has 0 bridgehead atoms.